The standard InChI is InChI=1S/C16H23N3O2/c17-15-9-12(1-4-16(15)21-14-2-3-14)19-10-13(11-19)18-5-7-20-8-6-18/h1,4,9,13-14H,2-3,5-8,10-11,17H2. The van der Waals surface area contributed by atoms with Crippen molar-refractivity contribution in [1.82, 2.24) is 4.90 Å². The number of hydrogen-bond donors (Lipinski definition) is 1. The highest BCUT2D eigenvalue weighted by Crippen LogP contribution is 2.34. The van der Waals surface area contributed by atoms with Gasteiger partial charge in [-0.2, -0.15) is 0 Å². The van der Waals surface area contributed by atoms with Gasteiger partial charge in [0.15, 0.2) is 0 Å². The highest BCUT2D eigenvalue weighted by molar-refractivity contribution is 5.64. The lowest BCUT2D eigenvalue weighted by Gasteiger charge is -2.47. The van der Waals surface area contributed by atoms with Crippen molar-refractivity contribution >= 4 is 11.4 Å². The van der Waals surface area contributed by atoms with E-state index in [2.05, 4.69) is 15.9 Å². The molecule has 2 aliphatic heterocycles. The second-order valence-corrected chi connectivity index (χ2v) is 6.25. The van der Waals surface area contributed by atoms with Gasteiger partial charge in [-0.1, -0.05) is 0 Å². The van der Waals surface area contributed by atoms with Gasteiger partial charge in [0.2, 0.25) is 0 Å². The Kier molecular flexibility index (Phi) is 3.39. The Morgan fingerprint density at radius 3 is 2.57 bits per heavy atom. The third-order valence-corrected chi connectivity index (χ3v) is 4.60. The second-order valence-electron chi connectivity index (χ2n) is 6.25. The van der Waals surface area contributed by atoms with Gasteiger partial charge in [0.25, 0.3) is 0 Å². The summed E-state index contributed by atoms with van der Waals surface area (Å²) in [4.78, 5) is 4.92. The fourth-order valence-corrected chi connectivity index (χ4v) is 3.05. The topological polar surface area (TPSA) is 51.0 Å². The van der Waals surface area contributed by atoms with E-state index in [4.69, 9.17) is 15.2 Å². The zero-order valence-corrected chi connectivity index (χ0v) is 12.3. The molecule has 0 atom stereocenters. The van der Waals surface area contributed by atoms with Crippen molar-refractivity contribution in [2.24, 2.45) is 0 Å². The molecule has 21 heavy (non-hydrogen) atoms. The van der Waals surface area contributed by atoms with Crippen LogP contribution in [0.1, 0.15) is 12.8 Å². The van der Waals surface area contributed by atoms with E-state index in [0.29, 0.717) is 12.1 Å². The number of rotatable bonds is 4. The van der Waals surface area contributed by atoms with Gasteiger partial charge >= 0.3 is 0 Å². The van der Waals surface area contributed by atoms with Crippen LogP contribution in [0.3, 0.4) is 0 Å². The minimum atomic E-state index is 0.396. The highest BCUT2D eigenvalue weighted by Gasteiger charge is 2.33. The maximum Gasteiger partial charge on any atom is 0.142 e. The number of hydrogen-bond acceptors (Lipinski definition) is 5. The van der Waals surface area contributed by atoms with Crippen molar-refractivity contribution in [3.8, 4) is 5.75 Å². The summed E-state index contributed by atoms with van der Waals surface area (Å²) in [5.74, 6) is 0.839. The van der Waals surface area contributed by atoms with Gasteiger partial charge in [0.05, 0.1) is 25.0 Å². The maximum atomic E-state index is 6.11. The lowest BCUT2D eigenvalue weighted by Crippen LogP contribution is -2.61. The van der Waals surface area contributed by atoms with Crippen LogP contribution in [-0.2, 0) is 4.74 Å². The van der Waals surface area contributed by atoms with Crippen molar-refractivity contribution in [3.05, 3.63) is 18.2 Å². The fraction of sp³-hybridized carbons (Fsp3) is 0.625. The van der Waals surface area contributed by atoms with Crippen LogP contribution in [-0.4, -0.2) is 56.4 Å². The zero-order valence-electron chi connectivity index (χ0n) is 12.3. The molecule has 3 aliphatic rings. The molecule has 1 saturated carbocycles. The van der Waals surface area contributed by atoms with Crippen LogP contribution in [0.5, 0.6) is 5.75 Å². The molecule has 1 aromatic rings. The predicted molar refractivity (Wildman–Crippen MR) is 82.9 cm³/mol. The lowest BCUT2D eigenvalue weighted by molar-refractivity contribution is 0.0105. The van der Waals surface area contributed by atoms with Crippen molar-refractivity contribution in [2.45, 2.75) is 25.0 Å². The molecule has 3 fully saturated rings. The first-order valence-electron chi connectivity index (χ1n) is 7.92. The van der Waals surface area contributed by atoms with Crippen molar-refractivity contribution in [1.29, 1.82) is 0 Å². The van der Waals surface area contributed by atoms with Gasteiger partial charge in [0, 0.05) is 37.9 Å². The third-order valence-electron chi connectivity index (χ3n) is 4.60. The first-order chi connectivity index (χ1) is 10.3. The SMILES string of the molecule is Nc1cc(N2CC(N3CCOCC3)C2)ccc1OC1CC1. The summed E-state index contributed by atoms with van der Waals surface area (Å²) in [5.41, 5.74) is 8.08. The van der Waals surface area contributed by atoms with Crippen LogP contribution >= 0.6 is 0 Å². The van der Waals surface area contributed by atoms with E-state index in [1.807, 2.05) is 12.1 Å². The summed E-state index contributed by atoms with van der Waals surface area (Å²) in [5, 5.41) is 0. The molecule has 2 saturated heterocycles. The Labute approximate surface area is 125 Å². The molecule has 5 heteroatoms. The Bertz CT molecular complexity index is 506. The highest BCUT2D eigenvalue weighted by atomic mass is 16.5. The molecular weight excluding hydrogens is 266 g/mol. The van der Waals surface area contributed by atoms with Gasteiger partial charge in [-0.15, -0.1) is 0 Å². The van der Waals surface area contributed by atoms with Crippen molar-refractivity contribution < 1.29 is 9.47 Å². The van der Waals surface area contributed by atoms with Crippen molar-refractivity contribution in [3.63, 3.8) is 0 Å². The largest absolute Gasteiger partial charge is 0.488 e. The van der Waals surface area contributed by atoms with E-state index >= 15 is 0 Å². The number of morpholine rings is 1. The molecular formula is C16H23N3O2. The number of nitrogens with two attached hydrogens (primary N) is 1. The van der Waals surface area contributed by atoms with Gasteiger partial charge in [-0.05, 0) is 31.0 Å². The van der Waals surface area contributed by atoms with E-state index in [-0.39, 0.29) is 0 Å². The quantitative estimate of drug-likeness (QED) is 0.848. The van der Waals surface area contributed by atoms with Gasteiger partial charge < -0.3 is 20.1 Å². The van der Waals surface area contributed by atoms with Crippen LogP contribution in [0.15, 0.2) is 18.2 Å². The zero-order chi connectivity index (χ0) is 14.2. The Morgan fingerprint density at radius 2 is 1.90 bits per heavy atom. The number of anilines is 2. The predicted octanol–water partition coefficient (Wildman–Crippen LogP) is 1.33. The molecule has 0 spiro atoms. The molecule has 0 unspecified atom stereocenters. The molecule has 1 aliphatic carbocycles. The molecule has 5 nitrogen and oxygen atoms in total. The Hall–Kier alpha value is -1.46. The van der Waals surface area contributed by atoms with E-state index in [9.17, 15) is 0 Å². The average Bonchev–Trinajstić information content (AvgIpc) is 3.25. The lowest BCUT2D eigenvalue weighted by atomic mass is 10.0. The molecule has 1 aromatic carbocycles. The van der Waals surface area contributed by atoms with Crippen LogP contribution in [0, 0.1) is 0 Å². The third kappa shape index (κ3) is 2.80. The van der Waals surface area contributed by atoms with Gasteiger partial charge in [0.1, 0.15) is 5.75 Å². The molecule has 2 heterocycles. The van der Waals surface area contributed by atoms with Gasteiger partial charge in [-0.25, -0.2) is 0 Å². The number of benzene rings is 1. The summed E-state index contributed by atoms with van der Waals surface area (Å²) in [6.45, 7) is 6.04. The van der Waals surface area contributed by atoms with Crippen LogP contribution in [0.2, 0.25) is 0 Å². The maximum absolute atomic E-state index is 6.11. The first-order valence-corrected chi connectivity index (χ1v) is 7.92. The molecule has 0 radical (unpaired) electrons. The second kappa shape index (κ2) is 5.39. The summed E-state index contributed by atoms with van der Waals surface area (Å²) in [7, 11) is 0. The molecule has 114 valence electrons. The molecule has 0 aromatic heterocycles. The Balaban J connectivity index is 1.35. The molecule has 0 bridgehead atoms. The van der Waals surface area contributed by atoms with Crippen LogP contribution in [0.4, 0.5) is 11.4 Å². The van der Waals surface area contributed by atoms with Crippen LogP contribution in [0.25, 0.3) is 0 Å². The monoisotopic (exact) mass is 289 g/mol. The van der Waals surface area contributed by atoms with Crippen LogP contribution < -0.4 is 15.4 Å². The van der Waals surface area contributed by atoms with E-state index in [1.54, 1.807) is 0 Å². The molecule has 4 rings (SSSR count). The van der Waals surface area contributed by atoms with Crippen molar-refractivity contribution in [2.75, 3.05) is 50.0 Å². The van der Waals surface area contributed by atoms with E-state index < -0.39 is 0 Å². The number of nitrogens with zero attached hydrogens (tertiary/aromatic N) is 2. The summed E-state index contributed by atoms with van der Waals surface area (Å²) in [6.07, 6.45) is 2.72. The number of nitrogen functional groups attached to an aromatic ring is 1. The first kappa shape index (κ1) is 13.2. The summed E-state index contributed by atoms with van der Waals surface area (Å²) >= 11 is 0. The van der Waals surface area contributed by atoms with Gasteiger partial charge in [-0.3, -0.25) is 4.90 Å². The average molecular weight is 289 g/mol. The smallest absolute Gasteiger partial charge is 0.142 e. The minimum Gasteiger partial charge on any atom is -0.488 e. The molecule has 2 N–H and O–H groups in total. The van der Waals surface area contributed by atoms with E-state index in [1.165, 1.54) is 5.69 Å². The minimum absolute atomic E-state index is 0.396. The summed E-state index contributed by atoms with van der Waals surface area (Å²) in [6, 6.07) is 6.86. The number of ether oxygens (including phenoxy) is 2. The Morgan fingerprint density at radius 1 is 1.14 bits per heavy atom. The molecule has 0 amide bonds. The normalized spacial score (nSPS) is 23.9. The summed E-state index contributed by atoms with van der Waals surface area (Å²) < 4.78 is 11.2. The fourth-order valence-electron chi connectivity index (χ4n) is 3.05. The van der Waals surface area contributed by atoms with E-state index in [0.717, 1.165) is 63.7 Å².